The molecule has 1 aliphatic rings. The number of H-pyrrole nitrogens is 1. The van der Waals surface area contributed by atoms with Crippen molar-refractivity contribution in [2.75, 3.05) is 11.1 Å². The van der Waals surface area contributed by atoms with Crippen LogP contribution in [-0.2, 0) is 0 Å². The lowest BCUT2D eigenvalue weighted by molar-refractivity contribution is 0.461. The van der Waals surface area contributed by atoms with Crippen LogP contribution in [0, 0.1) is 0 Å². The third kappa shape index (κ3) is 2.15. The number of nitrogens with zero attached hydrogens (tertiary/aromatic N) is 3. The van der Waals surface area contributed by atoms with Crippen molar-refractivity contribution in [2.45, 2.75) is 38.1 Å². The Bertz CT molecular complexity index is 514. The van der Waals surface area contributed by atoms with E-state index in [1.165, 1.54) is 32.1 Å². The molecule has 2 heterocycles. The minimum absolute atomic E-state index is 0.379. The third-order valence-electron chi connectivity index (χ3n) is 3.20. The van der Waals surface area contributed by atoms with Crippen LogP contribution in [0.25, 0.3) is 11.2 Å². The number of hydrogen-bond acceptors (Lipinski definition) is 5. The molecule has 0 bridgehead atoms. The fourth-order valence-corrected chi connectivity index (χ4v) is 2.33. The largest absolute Gasteiger partial charge is 0.369 e. The standard InChI is InChI=1S/C11H16N6/c12-10-15-8-6-13-11(17-9(8)16-10)14-7-4-2-1-3-5-7/h6-7H,1-5H2,(H4,12,13,14,15,16,17). The van der Waals surface area contributed by atoms with Gasteiger partial charge in [-0.15, -0.1) is 0 Å². The van der Waals surface area contributed by atoms with Gasteiger partial charge in [0, 0.05) is 6.04 Å². The van der Waals surface area contributed by atoms with Gasteiger partial charge < -0.3 is 16.0 Å². The van der Waals surface area contributed by atoms with E-state index in [1.807, 2.05) is 0 Å². The Labute approximate surface area is 99.1 Å². The molecule has 2 aromatic rings. The highest BCUT2D eigenvalue weighted by molar-refractivity contribution is 5.72. The highest BCUT2D eigenvalue weighted by Gasteiger charge is 2.14. The van der Waals surface area contributed by atoms with Crippen molar-refractivity contribution in [3.8, 4) is 0 Å². The number of nitrogens with one attached hydrogen (secondary N) is 2. The second kappa shape index (κ2) is 4.20. The molecular weight excluding hydrogens is 216 g/mol. The van der Waals surface area contributed by atoms with Crippen molar-refractivity contribution in [3.63, 3.8) is 0 Å². The van der Waals surface area contributed by atoms with Gasteiger partial charge in [0.05, 0.1) is 6.20 Å². The normalized spacial score (nSPS) is 17.4. The quantitative estimate of drug-likeness (QED) is 0.732. The summed E-state index contributed by atoms with van der Waals surface area (Å²) >= 11 is 0. The molecule has 1 aliphatic carbocycles. The predicted octanol–water partition coefficient (Wildman–Crippen LogP) is 1.68. The minimum Gasteiger partial charge on any atom is -0.369 e. The zero-order valence-electron chi connectivity index (χ0n) is 9.61. The number of nitrogen functional groups attached to an aromatic ring is 1. The monoisotopic (exact) mass is 232 g/mol. The molecule has 6 nitrogen and oxygen atoms in total. The van der Waals surface area contributed by atoms with E-state index >= 15 is 0 Å². The lowest BCUT2D eigenvalue weighted by Gasteiger charge is -2.22. The van der Waals surface area contributed by atoms with E-state index in [0.29, 0.717) is 23.6 Å². The van der Waals surface area contributed by atoms with Crippen molar-refractivity contribution in [1.29, 1.82) is 0 Å². The first-order valence-corrected chi connectivity index (χ1v) is 6.06. The number of nitrogens with two attached hydrogens (primary N) is 1. The lowest BCUT2D eigenvalue weighted by atomic mass is 9.96. The van der Waals surface area contributed by atoms with E-state index in [2.05, 4.69) is 25.3 Å². The summed E-state index contributed by atoms with van der Waals surface area (Å²) in [5.74, 6) is 1.03. The van der Waals surface area contributed by atoms with Crippen LogP contribution < -0.4 is 11.1 Å². The van der Waals surface area contributed by atoms with Crippen molar-refractivity contribution in [1.82, 2.24) is 19.9 Å². The molecule has 0 amide bonds. The van der Waals surface area contributed by atoms with Crippen LogP contribution in [0.5, 0.6) is 0 Å². The fraction of sp³-hybridized carbons (Fsp3) is 0.545. The zero-order valence-corrected chi connectivity index (χ0v) is 9.61. The molecule has 17 heavy (non-hydrogen) atoms. The molecule has 1 saturated carbocycles. The van der Waals surface area contributed by atoms with Gasteiger partial charge in [0.2, 0.25) is 5.95 Å². The predicted molar refractivity (Wildman–Crippen MR) is 66.6 cm³/mol. The van der Waals surface area contributed by atoms with Crippen LogP contribution >= 0.6 is 0 Å². The van der Waals surface area contributed by atoms with Crippen molar-refractivity contribution in [2.24, 2.45) is 0 Å². The Kier molecular flexibility index (Phi) is 2.55. The van der Waals surface area contributed by atoms with Gasteiger partial charge in [0.1, 0.15) is 5.52 Å². The highest BCUT2D eigenvalue weighted by Crippen LogP contribution is 2.20. The van der Waals surface area contributed by atoms with E-state index in [-0.39, 0.29) is 0 Å². The number of aromatic amines is 1. The Balaban J connectivity index is 1.79. The molecule has 0 radical (unpaired) electrons. The lowest BCUT2D eigenvalue weighted by Crippen LogP contribution is -2.23. The number of aromatic nitrogens is 4. The van der Waals surface area contributed by atoms with Gasteiger partial charge in [0.25, 0.3) is 0 Å². The van der Waals surface area contributed by atoms with Crippen LogP contribution in [0.1, 0.15) is 32.1 Å². The van der Waals surface area contributed by atoms with Crippen LogP contribution in [0.2, 0.25) is 0 Å². The summed E-state index contributed by atoms with van der Waals surface area (Å²) in [5, 5.41) is 3.37. The van der Waals surface area contributed by atoms with Gasteiger partial charge in [-0.25, -0.2) is 4.98 Å². The average Bonchev–Trinajstić information content (AvgIpc) is 2.70. The number of anilines is 2. The first-order chi connectivity index (χ1) is 8.31. The van der Waals surface area contributed by atoms with Gasteiger partial charge in [-0.1, -0.05) is 19.3 Å². The van der Waals surface area contributed by atoms with E-state index in [4.69, 9.17) is 5.73 Å². The zero-order chi connectivity index (χ0) is 11.7. The van der Waals surface area contributed by atoms with E-state index in [0.717, 1.165) is 5.52 Å². The van der Waals surface area contributed by atoms with Crippen molar-refractivity contribution >= 4 is 23.1 Å². The topological polar surface area (TPSA) is 92.5 Å². The van der Waals surface area contributed by atoms with Crippen LogP contribution in [-0.4, -0.2) is 26.0 Å². The van der Waals surface area contributed by atoms with Gasteiger partial charge in [-0.2, -0.15) is 9.97 Å². The summed E-state index contributed by atoms with van der Waals surface area (Å²) in [6.07, 6.45) is 8.03. The number of fused-ring (bicyclic) bond motifs is 1. The first kappa shape index (κ1) is 10.3. The maximum atomic E-state index is 5.57. The second-order valence-corrected chi connectivity index (χ2v) is 4.53. The molecular formula is C11H16N6. The molecule has 0 saturated heterocycles. The maximum absolute atomic E-state index is 5.57. The molecule has 4 N–H and O–H groups in total. The molecule has 90 valence electrons. The first-order valence-electron chi connectivity index (χ1n) is 6.06. The molecule has 0 atom stereocenters. The highest BCUT2D eigenvalue weighted by atomic mass is 15.2. The van der Waals surface area contributed by atoms with E-state index in [1.54, 1.807) is 6.20 Å². The maximum Gasteiger partial charge on any atom is 0.225 e. The number of hydrogen-bond donors (Lipinski definition) is 3. The summed E-state index contributed by atoms with van der Waals surface area (Å²) in [7, 11) is 0. The molecule has 0 aromatic carbocycles. The van der Waals surface area contributed by atoms with Crippen LogP contribution in [0.3, 0.4) is 0 Å². The third-order valence-corrected chi connectivity index (χ3v) is 3.20. The van der Waals surface area contributed by atoms with Gasteiger partial charge in [0.15, 0.2) is 11.6 Å². The molecule has 2 aromatic heterocycles. The van der Waals surface area contributed by atoms with E-state index < -0.39 is 0 Å². The number of imidazole rings is 1. The van der Waals surface area contributed by atoms with Crippen molar-refractivity contribution in [3.05, 3.63) is 6.20 Å². The summed E-state index contributed by atoms with van der Waals surface area (Å²) in [6.45, 7) is 0. The number of rotatable bonds is 2. The molecule has 0 unspecified atom stereocenters. The Morgan fingerprint density at radius 1 is 1.24 bits per heavy atom. The van der Waals surface area contributed by atoms with Crippen LogP contribution in [0.4, 0.5) is 11.9 Å². The van der Waals surface area contributed by atoms with Gasteiger partial charge in [-0.3, -0.25) is 0 Å². The summed E-state index contributed by atoms with van der Waals surface area (Å²) in [6, 6.07) is 0.498. The van der Waals surface area contributed by atoms with Gasteiger partial charge >= 0.3 is 0 Å². The Morgan fingerprint density at radius 3 is 2.88 bits per heavy atom. The molecule has 1 fully saturated rings. The summed E-state index contributed by atoms with van der Waals surface area (Å²) in [4.78, 5) is 15.6. The summed E-state index contributed by atoms with van der Waals surface area (Å²) in [5.41, 5.74) is 6.97. The SMILES string of the molecule is Nc1nc2nc(NC3CCCCC3)ncc2[nH]1. The Morgan fingerprint density at radius 2 is 2.06 bits per heavy atom. The van der Waals surface area contributed by atoms with Gasteiger partial charge in [-0.05, 0) is 12.8 Å². The molecule has 3 rings (SSSR count). The molecule has 6 heteroatoms. The van der Waals surface area contributed by atoms with Crippen LogP contribution in [0.15, 0.2) is 6.20 Å². The second-order valence-electron chi connectivity index (χ2n) is 4.53. The summed E-state index contributed by atoms with van der Waals surface area (Å²) < 4.78 is 0. The fourth-order valence-electron chi connectivity index (χ4n) is 2.33. The Hall–Kier alpha value is -1.85. The smallest absolute Gasteiger partial charge is 0.225 e. The average molecular weight is 232 g/mol. The molecule has 0 aliphatic heterocycles. The van der Waals surface area contributed by atoms with E-state index in [9.17, 15) is 0 Å². The molecule has 0 spiro atoms. The van der Waals surface area contributed by atoms with Crippen molar-refractivity contribution < 1.29 is 0 Å². The minimum atomic E-state index is 0.379.